The minimum absolute atomic E-state index is 0.306. The Kier molecular flexibility index (Phi) is 4.92. The van der Waals surface area contributed by atoms with Crippen LogP contribution in [0.1, 0.15) is 22.0 Å². The summed E-state index contributed by atoms with van der Waals surface area (Å²) in [6, 6.07) is 4.67. The summed E-state index contributed by atoms with van der Waals surface area (Å²) in [4.78, 5) is 0. The Balaban J connectivity index is 2.11. The van der Waals surface area contributed by atoms with Crippen LogP contribution < -0.4 is 0 Å². The van der Waals surface area contributed by atoms with Crippen molar-refractivity contribution < 1.29 is 4.39 Å². The number of alkyl halides is 1. The van der Waals surface area contributed by atoms with Gasteiger partial charge in [-0.3, -0.25) is 0 Å². The number of halogens is 3. The van der Waals surface area contributed by atoms with Gasteiger partial charge in [0, 0.05) is 29.3 Å². The van der Waals surface area contributed by atoms with E-state index in [0.717, 1.165) is 22.9 Å². The lowest BCUT2D eigenvalue weighted by Crippen LogP contribution is -1.93. The fraction of sp³-hybridized carbons (Fsp3) is 0.333. The predicted octanol–water partition coefficient (Wildman–Crippen LogP) is 4.09. The van der Waals surface area contributed by atoms with Gasteiger partial charge in [0.15, 0.2) is 0 Å². The summed E-state index contributed by atoms with van der Waals surface area (Å²) in [5.74, 6) is 0.300. The molecule has 0 amide bonds. The van der Waals surface area contributed by atoms with Crippen molar-refractivity contribution in [1.29, 1.82) is 0 Å². The van der Waals surface area contributed by atoms with E-state index in [4.69, 9.17) is 23.2 Å². The monoisotopic (exact) mass is 304 g/mol. The van der Waals surface area contributed by atoms with Gasteiger partial charge in [0.1, 0.15) is 15.8 Å². The van der Waals surface area contributed by atoms with E-state index in [1.54, 1.807) is 12.1 Å². The van der Waals surface area contributed by atoms with Gasteiger partial charge in [-0.15, -0.1) is 33.1 Å². The summed E-state index contributed by atoms with van der Waals surface area (Å²) < 4.78 is 13.6. The van der Waals surface area contributed by atoms with Crippen LogP contribution in [0.3, 0.4) is 0 Å². The van der Waals surface area contributed by atoms with E-state index in [1.807, 2.05) is 0 Å². The molecule has 0 N–H and O–H groups in total. The zero-order valence-corrected chi connectivity index (χ0v) is 11.8. The van der Waals surface area contributed by atoms with Crippen LogP contribution in [0.15, 0.2) is 18.2 Å². The van der Waals surface area contributed by atoms with Crippen LogP contribution in [0.25, 0.3) is 0 Å². The standard InChI is InChI=1S/C12H11Cl2FN2S/c13-6-2-5-11-16-17-12(18-11)7-8-9(14)3-1-4-10(8)15/h1,3-4H,2,5-7H2. The molecule has 2 nitrogen and oxygen atoms in total. The third kappa shape index (κ3) is 3.40. The van der Waals surface area contributed by atoms with Crippen LogP contribution in [0.2, 0.25) is 5.02 Å². The summed E-state index contributed by atoms with van der Waals surface area (Å²) in [5.41, 5.74) is 0.471. The van der Waals surface area contributed by atoms with Crippen molar-refractivity contribution in [3.8, 4) is 0 Å². The molecule has 18 heavy (non-hydrogen) atoms. The fourth-order valence-electron chi connectivity index (χ4n) is 1.53. The maximum Gasteiger partial charge on any atom is 0.128 e. The van der Waals surface area contributed by atoms with E-state index in [2.05, 4.69) is 10.2 Å². The molecule has 0 radical (unpaired) electrons. The second-order valence-electron chi connectivity index (χ2n) is 3.76. The SMILES string of the molecule is Fc1cccc(Cl)c1Cc1nnc(CCCCl)s1. The Labute approximate surface area is 119 Å². The molecule has 1 aromatic heterocycles. The highest BCUT2D eigenvalue weighted by Crippen LogP contribution is 2.24. The first-order valence-electron chi connectivity index (χ1n) is 5.51. The van der Waals surface area contributed by atoms with Crippen molar-refractivity contribution in [2.24, 2.45) is 0 Å². The Morgan fingerprint density at radius 1 is 1.22 bits per heavy atom. The number of hydrogen-bond donors (Lipinski definition) is 0. The highest BCUT2D eigenvalue weighted by atomic mass is 35.5. The van der Waals surface area contributed by atoms with Crippen LogP contribution in [0.5, 0.6) is 0 Å². The number of hydrogen-bond acceptors (Lipinski definition) is 3. The summed E-state index contributed by atoms with van der Waals surface area (Å²) >= 11 is 13.1. The van der Waals surface area contributed by atoms with Crippen LogP contribution >= 0.6 is 34.5 Å². The van der Waals surface area contributed by atoms with E-state index < -0.39 is 0 Å². The van der Waals surface area contributed by atoms with E-state index in [-0.39, 0.29) is 5.82 Å². The molecule has 0 aliphatic rings. The molecule has 1 heterocycles. The lowest BCUT2D eigenvalue weighted by Gasteiger charge is -2.02. The zero-order valence-electron chi connectivity index (χ0n) is 9.50. The first-order valence-corrected chi connectivity index (χ1v) is 7.23. The van der Waals surface area contributed by atoms with Crippen LogP contribution in [0.4, 0.5) is 4.39 Å². The van der Waals surface area contributed by atoms with E-state index in [9.17, 15) is 4.39 Å². The molecule has 0 aliphatic heterocycles. The molecular formula is C12H11Cl2FN2S. The average Bonchev–Trinajstić information content (AvgIpc) is 2.79. The summed E-state index contributed by atoms with van der Waals surface area (Å²) in [7, 11) is 0. The number of benzene rings is 1. The van der Waals surface area contributed by atoms with Crippen molar-refractivity contribution in [2.45, 2.75) is 19.3 Å². The van der Waals surface area contributed by atoms with Crippen LogP contribution in [-0.2, 0) is 12.8 Å². The maximum atomic E-state index is 13.6. The predicted molar refractivity (Wildman–Crippen MR) is 73.2 cm³/mol. The van der Waals surface area contributed by atoms with Crippen LogP contribution in [0, 0.1) is 5.82 Å². The van der Waals surface area contributed by atoms with Gasteiger partial charge in [-0.2, -0.15) is 0 Å². The summed E-state index contributed by atoms with van der Waals surface area (Å²) in [6.45, 7) is 0. The van der Waals surface area contributed by atoms with Gasteiger partial charge < -0.3 is 0 Å². The van der Waals surface area contributed by atoms with Crippen molar-refractivity contribution in [3.05, 3.63) is 44.6 Å². The molecule has 2 aromatic rings. The molecule has 96 valence electrons. The summed E-state index contributed by atoms with van der Waals surface area (Å²) in [5, 5.41) is 10.2. The third-order valence-corrected chi connectivity index (χ3v) is 4.03. The van der Waals surface area contributed by atoms with Gasteiger partial charge in [0.05, 0.1) is 0 Å². The highest BCUT2D eigenvalue weighted by molar-refractivity contribution is 7.11. The molecule has 0 spiro atoms. The second kappa shape index (κ2) is 6.45. The largest absolute Gasteiger partial charge is 0.207 e. The Bertz CT molecular complexity index is 510. The number of aryl methyl sites for hydroxylation is 1. The van der Waals surface area contributed by atoms with E-state index >= 15 is 0 Å². The molecular weight excluding hydrogens is 294 g/mol. The quantitative estimate of drug-likeness (QED) is 0.777. The van der Waals surface area contributed by atoms with Crippen molar-refractivity contribution in [2.75, 3.05) is 5.88 Å². The second-order valence-corrected chi connectivity index (χ2v) is 5.69. The smallest absolute Gasteiger partial charge is 0.128 e. The van der Waals surface area contributed by atoms with Crippen LogP contribution in [-0.4, -0.2) is 16.1 Å². The van der Waals surface area contributed by atoms with Gasteiger partial charge in [0.25, 0.3) is 0 Å². The van der Waals surface area contributed by atoms with Crippen molar-refractivity contribution in [1.82, 2.24) is 10.2 Å². The van der Waals surface area contributed by atoms with Crippen molar-refractivity contribution in [3.63, 3.8) is 0 Å². The normalized spacial score (nSPS) is 10.8. The first kappa shape index (κ1) is 13.7. The number of rotatable bonds is 5. The van der Waals surface area contributed by atoms with Gasteiger partial charge >= 0.3 is 0 Å². The average molecular weight is 305 g/mol. The number of nitrogens with zero attached hydrogens (tertiary/aromatic N) is 2. The molecule has 0 bridgehead atoms. The van der Waals surface area contributed by atoms with Gasteiger partial charge in [-0.25, -0.2) is 4.39 Å². The molecule has 2 rings (SSSR count). The van der Waals surface area contributed by atoms with E-state index in [1.165, 1.54) is 17.4 Å². The third-order valence-electron chi connectivity index (χ3n) is 2.42. The molecule has 1 aromatic carbocycles. The topological polar surface area (TPSA) is 25.8 Å². The maximum absolute atomic E-state index is 13.6. The Morgan fingerprint density at radius 2 is 2.00 bits per heavy atom. The minimum Gasteiger partial charge on any atom is -0.207 e. The van der Waals surface area contributed by atoms with Gasteiger partial charge in [-0.1, -0.05) is 17.7 Å². The zero-order chi connectivity index (χ0) is 13.0. The molecule has 0 aliphatic carbocycles. The molecule has 0 saturated heterocycles. The molecule has 0 fully saturated rings. The van der Waals surface area contributed by atoms with Crippen molar-refractivity contribution >= 4 is 34.5 Å². The molecule has 0 unspecified atom stereocenters. The Morgan fingerprint density at radius 3 is 2.72 bits per heavy atom. The Hall–Kier alpha value is -0.710. The molecule has 6 heteroatoms. The first-order chi connectivity index (χ1) is 8.70. The molecule has 0 atom stereocenters. The lowest BCUT2D eigenvalue weighted by atomic mass is 10.1. The summed E-state index contributed by atoms with van der Waals surface area (Å²) in [6.07, 6.45) is 2.06. The number of aromatic nitrogens is 2. The fourth-order valence-corrected chi connectivity index (χ4v) is 2.79. The van der Waals surface area contributed by atoms with E-state index in [0.29, 0.717) is 22.9 Å². The highest BCUT2D eigenvalue weighted by Gasteiger charge is 2.11. The minimum atomic E-state index is -0.306. The van der Waals surface area contributed by atoms with Gasteiger partial charge in [-0.05, 0) is 18.6 Å². The lowest BCUT2D eigenvalue weighted by molar-refractivity contribution is 0.613. The van der Waals surface area contributed by atoms with Gasteiger partial charge in [0.2, 0.25) is 0 Å². The molecule has 0 saturated carbocycles.